The molecule has 6 rings (SSSR count). The smallest absolute Gasteiger partial charge is 0.258 e. The predicted molar refractivity (Wildman–Crippen MR) is 153 cm³/mol. The van der Waals surface area contributed by atoms with Crippen molar-refractivity contribution in [1.82, 2.24) is 0 Å². The summed E-state index contributed by atoms with van der Waals surface area (Å²) >= 11 is 2.87. The Hall–Kier alpha value is -4.25. The van der Waals surface area contributed by atoms with Gasteiger partial charge in [-0.25, -0.2) is 4.21 Å². The molecule has 2 heterocycles. The number of nitro benzene ring substituents is 2. The molecule has 0 atom stereocenters. The molecule has 186 valence electrons. The summed E-state index contributed by atoms with van der Waals surface area (Å²) in [6.07, 6.45) is 0. The van der Waals surface area contributed by atoms with Gasteiger partial charge in [-0.05, 0) is 46.5 Å². The van der Waals surface area contributed by atoms with Gasteiger partial charge in [0, 0.05) is 44.4 Å². The van der Waals surface area contributed by atoms with E-state index in [1.807, 2.05) is 60.7 Å². The molecule has 0 N–H and O–H groups in total. The van der Waals surface area contributed by atoms with Crippen molar-refractivity contribution < 1.29 is 14.1 Å². The molecule has 38 heavy (non-hydrogen) atoms. The van der Waals surface area contributed by atoms with E-state index in [-0.39, 0.29) is 11.4 Å². The van der Waals surface area contributed by atoms with E-state index in [1.54, 1.807) is 24.3 Å². The van der Waals surface area contributed by atoms with Gasteiger partial charge in [0.1, 0.15) is 10.8 Å². The fourth-order valence-electron chi connectivity index (χ4n) is 4.43. The number of nitrogens with zero attached hydrogens (tertiary/aromatic N) is 2. The van der Waals surface area contributed by atoms with Crippen LogP contribution in [-0.4, -0.2) is 14.1 Å². The van der Waals surface area contributed by atoms with Gasteiger partial charge in [0.15, 0.2) is 0 Å². The number of thiophene rings is 2. The zero-order valence-electron chi connectivity index (χ0n) is 19.4. The van der Waals surface area contributed by atoms with Crippen molar-refractivity contribution in [2.75, 3.05) is 0 Å². The highest BCUT2D eigenvalue weighted by Gasteiger charge is 2.19. The number of fused-ring (bicyclic) bond motifs is 2. The second-order valence-corrected chi connectivity index (χ2v) is 12.6. The lowest BCUT2D eigenvalue weighted by atomic mass is 10.0. The Morgan fingerprint density at radius 1 is 0.579 bits per heavy atom. The molecule has 0 aliphatic carbocycles. The molecule has 0 saturated heterocycles. The lowest BCUT2D eigenvalue weighted by Gasteiger charge is -2.03. The first-order valence-electron chi connectivity index (χ1n) is 11.4. The molecule has 7 nitrogen and oxygen atoms in total. The van der Waals surface area contributed by atoms with Crippen LogP contribution in [0.4, 0.5) is 11.4 Å². The topological polar surface area (TPSA) is 103 Å². The molecule has 0 saturated carbocycles. The van der Waals surface area contributed by atoms with Gasteiger partial charge >= 0.3 is 0 Å². The van der Waals surface area contributed by atoms with Gasteiger partial charge in [-0.1, -0.05) is 48.5 Å². The molecule has 2 aromatic heterocycles. The number of benzene rings is 4. The van der Waals surface area contributed by atoms with Gasteiger partial charge in [-0.15, -0.1) is 22.7 Å². The Balaban J connectivity index is 1.41. The molecule has 0 radical (unpaired) electrons. The third-order valence-corrected chi connectivity index (χ3v) is 10.3. The quantitative estimate of drug-likeness (QED) is 0.151. The summed E-state index contributed by atoms with van der Waals surface area (Å²) in [5, 5.41) is 24.3. The molecule has 4 aromatic carbocycles. The molecule has 10 heteroatoms. The Morgan fingerprint density at radius 3 is 1.42 bits per heavy atom. The van der Waals surface area contributed by atoms with E-state index in [0.717, 1.165) is 42.4 Å². The van der Waals surface area contributed by atoms with Gasteiger partial charge < -0.3 is 0 Å². The molecule has 0 fully saturated rings. The first-order chi connectivity index (χ1) is 18.4. The van der Waals surface area contributed by atoms with Crippen LogP contribution < -0.4 is 0 Å². The summed E-state index contributed by atoms with van der Waals surface area (Å²) in [7, 11) is -1.44. The van der Waals surface area contributed by atoms with Crippen molar-refractivity contribution in [2.45, 2.75) is 8.42 Å². The summed E-state index contributed by atoms with van der Waals surface area (Å²) in [6.45, 7) is 0. The van der Waals surface area contributed by atoms with Gasteiger partial charge in [-0.2, -0.15) is 0 Å². The standard InChI is InChI=1S/C28H16N2O5S3/c31-29(32)19-7-1-5-17(13-19)21-9-3-11-25-23(21)15-27(36-25)38(35)28-16-24-22(10-4-12-26(24)37-28)18-6-2-8-20(14-18)30(33)34/h1-16H. The summed E-state index contributed by atoms with van der Waals surface area (Å²) in [5.74, 6) is 0. The summed E-state index contributed by atoms with van der Waals surface area (Å²) in [6, 6.07) is 28.3. The molecule has 0 bridgehead atoms. The van der Waals surface area contributed by atoms with E-state index < -0.39 is 20.6 Å². The van der Waals surface area contributed by atoms with E-state index in [0.29, 0.717) is 8.42 Å². The van der Waals surface area contributed by atoms with Crippen molar-refractivity contribution in [2.24, 2.45) is 0 Å². The predicted octanol–water partition coefficient (Wildman–Crippen LogP) is 8.43. The first-order valence-corrected chi connectivity index (χ1v) is 14.1. The fraction of sp³-hybridized carbons (Fsp3) is 0. The second-order valence-electron chi connectivity index (χ2n) is 8.45. The lowest BCUT2D eigenvalue weighted by molar-refractivity contribution is -0.385. The molecule has 6 aromatic rings. The summed E-state index contributed by atoms with van der Waals surface area (Å²) in [5.41, 5.74) is 3.17. The number of hydrogen-bond donors (Lipinski definition) is 0. The minimum absolute atomic E-state index is 0.0170. The van der Waals surface area contributed by atoms with Crippen LogP contribution in [0.5, 0.6) is 0 Å². The molecule has 0 amide bonds. The van der Waals surface area contributed by atoms with Crippen LogP contribution in [0.3, 0.4) is 0 Å². The fourth-order valence-corrected chi connectivity index (χ4v) is 8.56. The zero-order valence-corrected chi connectivity index (χ0v) is 21.8. The zero-order chi connectivity index (χ0) is 26.4. The van der Waals surface area contributed by atoms with E-state index in [4.69, 9.17) is 0 Å². The first kappa shape index (κ1) is 24.1. The maximum absolute atomic E-state index is 13.7. The van der Waals surface area contributed by atoms with E-state index in [9.17, 15) is 24.4 Å². The van der Waals surface area contributed by atoms with Crippen LogP contribution >= 0.6 is 22.7 Å². The second kappa shape index (κ2) is 9.56. The number of non-ortho nitro benzene ring substituents is 2. The Labute approximate surface area is 226 Å². The molecule has 0 spiro atoms. The minimum atomic E-state index is -1.44. The molecule has 0 aliphatic heterocycles. The highest BCUT2D eigenvalue weighted by atomic mass is 32.2. The van der Waals surface area contributed by atoms with Crippen LogP contribution in [0.2, 0.25) is 0 Å². The van der Waals surface area contributed by atoms with Crippen molar-refractivity contribution in [3.63, 3.8) is 0 Å². The third-order valence-electron chi connectivity index (χ3n) is 6.18. The van der Waals surface area contributed by atoms with Gasteiger partial charge in [0.05, 0.1) is 18.3 Å². The van der Waals surface area contributed by atoms with Gasteiger partial charge in [-0.3, -0.25) is 20.2 Å². The highest BCUT2D eigenvalue weighted by molar-refractivity contribution is 7.89. The SMILES string of the molecule is O=[N+]([O-])c1cccc(-c2cccc3sc(S(=O)c4cc5c(-c6cccc([N+](=O)[O-])c6)cccc5s4)cc23)c1. The van der Waals surface area contributed by atoms with Crippen molar-refractivity contribution in [3.8, 4) is 22.3 Å². The summed E-state index contributed by atoms with van der Waals surface area (Å²) < 4.78 is 17.0. The number of nitro groups is 2. The van der Waals surface area contributed by atoms with Crippen LogP contribution in [0.25, 0.3) is 42.4 Å². The maximum atomic E-state index is 13.7. The van der Waals surface area contributed by atoms with Crippen molar-refractivity contribution in [1.29, 1.82) is 0 Å². The van der Waals surface area contributed by atoms with E-state index >= 15 is 0 Å². The van der Waals surface area contributed by atoms with Crippen LogP contribution in [-0.2, 0) is 10.8 Å². The monoisotopic (exact) mass is 556 g/mol. The summed E-state index contributed by atoms with van der Waals surface area (Å²) in [4.78, 5) is 21.7. The van der Waals surface area contributed by atoms with E-state index in [2.05, 4.69) is 0 Å². The van der Waals surface area contributed by atoms with Gasteiger partial charge in [0.2, 0.25) is 0 Å². The Bertz CT molecular complexity index is 1790. The van der Waals surface area contributed by atoms with Crippen LogP contribution in [0.1, 0.15) is 0 Å². The number of hydrogen-bond acceptors (Lipinski definition) is 7. The molecule has 0 unspecified atom stereocenters. The average molecular weight is 557 g/mol. The normalized spacial score (nSPS) is 11.4. The maximum Gasteiger partial charge on any atom is 0.270 e. The van der Waals surface area contributed by atoms with Crippen LogP contribution in [0.15, 0.2) is 105 Å². The van der Waals surface area contributed by atoms with Crippen LogP contribution in [0, 0.1) is 20.2 Å². The van der Waals surface area contributed by atoms with Crippen molar-refractivity contribution >= 4 is 65.0 Å². The average Bonchev–Trinajstić information content (AvgIpc) is 3.57. The van der Waals surface area contributed by atoms with Gasteiger partial charge in [0.25, 0.3) is 11.4 Å². The minimum Gasteiger partial charge on any atom is -0.258 e. The highest BCUT2D eigenvalue weighted by Crippen LogP contribution is 2.41. The third kappa shape index (κ3) is 4.28. The Morgan fingerprint density at radius 2 is 1.00 bits per heavy atom. The lowest BCUT2D eigenvalue weighted by Crippen LogP contribution is -1.88. The Kier molecular flexibility index (Phi) is 6.07. The molecular weight excluding hydrogens is 541 g/mol. The van der Waals surface area contributed by atoms with E-state index in [1.165, 1.54) is 34.8 Å². The molecular formula is C28H16N2O5S3. The number of rotatable bonds is 6. The van der Waals surface area contributed by atoms with Crippen molar-refractivity contribution in [3.05, 3.63) is 117 Å². The largest absolute Gasteiger partial charge is 0.270 e. The molecule has 0 aliphatic rings.